The van der Waals surface area contributed by atoms with Crippen molar-refractivity contribution < 1.29 is 9.53 Å². The van der Waals surface area contributed by atoms with Crippen molar-refractivity contribution in [2.75, 3.05) is 23.3 Å². The minimum absolute atomic E-state index is 0.204. The highest BCUT2D eigenvalue weighted by atomic mass is 16.6. The topological polar surface area (TPSA) is 122 Å². The summed E-state index contributed by atoms with van der Waals surface area (Å²) in [5.41, 5.74) is 9.68. The number of anilines is 2. The number of amides is 1. The maximum atomic E-state index is 11.8. The summed E-state index contributed by atoms with van der Waals surface area (Å²) in [7, 11) is 0. The number of aryl methyl sites for hydroxylation is 1. The quantitative estimate of drug-likeness (QED) is 0.360. The predicted octanol–water partition coefficient (Wildman–Crippen LogP) is 5.81. The van der Waals surface area contributed by atoms with Crippen molar-refractivity contribution in [3.63, 3.8) is 0 Å². The Morgan fingerprint density at radius 1 is 1.24 bits per heavy atom. The summed E-state index contributed by atoms with van der Waals surface area (Å²) in [6.07, 6.45) is 10.7. The van der Waals surface area contributed by atoms with Crippen LogP contribution in [0.15, 0.2) is 24.5 Å². The molecule has 2 aliphatic rings. The number of hydrogen-bond donors (Lipinski definition) is 3. The second kappa shape index (κ2) is 10.4. The van der Waals surface area contributed by atoms with Crippen LogP contribution in [0.3, 0.4) is 0 Å². The molecule has 0 unspecified atom stereocenters. The standard InChI is InChI=1S/C29H41N7O2/c1-5-8-20-17-21-24(33-19-9-12-29(13-10-19,28(2,3)4)38-26(30)37)22(18-32-25(21)34-20)23-11-14-31-27(35-23)36-15-6-7-16-36/h11,14,17-19H,5-10,12-13,15-16H2,1-4H3,(H2,30,37)(H2,32,33,34). The van der Waals surface area contributed by atoms with Crippen LogP contribution in [0, 0.1) is 5.41 Å². The van der Waals surface area contributed by atoms with Gasteiger partial charge in [-0.05, 0) is 57.1 Å². The molecule has 1 saturated carbocycles. The molecule has 0 spiro atoms. The third-order valence-corrected chi connectivity index (χ3v) is 8.35. The Labute approximate surface area is 225 Å². The number of H-pyrrole nitrogens is 1. The van der Waals surface area contributed by atoms with Crippen molar-refractivity contribution in [3.05, 3.63) is 30.2 Å². The minimum Gasteiger partial charge on any atom is -0.443 e. The van der Waals surface area contributed by atoms with Crippen molar-refractivity contribution in [2.45, 2.75) is 90.7 Å². The van der Waals surface area contributed by atoms with Crippen LogP contribution < -0.4 is 16.0 Å². The first-order chi connectivity index (χ1) is 18.2. The monoisotopic (exact) mass is 519 g/mol. The Morgan fingerprint density at radius 3 is 2.63 bits per heavy atom. The van der Waals surface area contributed by atoms with Crippen LogP contribution >= 0.6 is 0 Å². The van der Waals surface area contributed by atoms with E-state index in [0.717, 1.165) is 85.5 Å². The number of nitrogens with two attached hydrogens (primary N) is 1. The molecule has 0 radical (unpaired) electrons. The fourth-order valence-electron chi connectivity index (χ4n) is 6.08. The van der Waals surface area contributed by atoms with Gasteiger partial charge in [-0.1, -0.05) is 34.1 Å². The summed E-state index contributed by atoms with van der Waals surface area (Å²) >= 11 is 0. The molecular formula is C29H41N7O2. The minimum atomic E-state index is -0.696. The Bertz CT molecular complexity index is 1280. The number of rotatable bonds is 7. The van der Waals surface area contributed by atoms with Gasteiger partial charge in [0.15, 0.2) is 0 Å². The summed E-state index contributed by atoms with van der Waals surface area (Å²) in [5, 5.41) is 4.95. The summed E-state index contributed by atoms with van der Waals surface area (Å²) < 4.78 is 5.77. The van der Waals surface area contributed by atoms with Crippen molar-refractivity contribution in [1.29, 1.82) is 0 Å². The molecule has 9 heteroatoms. The highest BCUT2D eigenvalue weighted by Crippen LogP contribution is 2.46. The molecule has 4 heterocycles. The van der Waals surface area contributed by atoms with E-state index in [1.807, 2.05) is 18.5 Å². The SMILES string of the molecule is CCCc1cc2c(NC3CCC(OC(N)=O)(C(C)(C)C)CC3)c(-c3ccnc(N4CCCC4)n3)cnc2[nH]1. The lowest BCUT2D eigenvalue weighted by Crippen LogP contribution is -2.51. The van der Waals surface area contributed by atoms with Gasteiger partial charge in [-0.25, -0.2) is 19.7 Å². The molecule has 9 nitrogen and oxygen atoms in total. The lowest BCUT2D eigenvalue weighted by Gasteiger charge is -2.47. The second-order valence-electron chi connectivity index (χ2n) is 11.9. The van der Waals surface area contributed by atoms with Gasteiger partial charge in [0.2, 0.25) is 5.95 Å². The van der Waals surface area contributed by atoms with Crippen LogP contribution in [-0.4, -0.2) is 50.8 Å². The molecule has 2 fully saturated rings. The zero-order valence-corrected chi connectivity index (χ0v) is 23.1. The van der Waals surface area contributed by atoms with Crippen LogP contribution in [0.2, 0.25) is 0 Å². The molecule has 0 bridgehead atoms. The Hall–Kier alpha value is -3.36. The Kier molecular flexibility index (Phi) is 7.20. The summed E-state index contributed by atoms with van der Waals surface area (Å²) in [4.78, 5) is 31.9. The van der Waals surface area contributed by atoms with Crippen molar-refractivity contribution in [2.24, 2.45) is 11.1 Å². The Balaban J connectivity index is 1.48. The number of aromatic amines is 1. The van der Waals surface area contributed by atoms with Crippen molar-refractivity contribution >= 4 is 28.8 Å². The smallest absolute Gasteiger partial charge is 0.405 e. The van der Waals surface area contributed by atoms with Gasteiger partial charge < -0.3 is 25.7 Å². The number of carbonyl (C=O) groups is 1. The number of ether oxygens (including phenoxy) is 1. The molecule has 3 aromatic rings. The van der Waals surface area contributed by atoms with Gasteiger partial charge in [0.05, 0.1) is 11.4 Å². The summed E-state index contributed by atoms with van der Waals surface area (Å²) in [6.45, 7) is 10.5. The van der Waals surface area contributed by atoms with Gasteiger partial charge in [0.1, 0.15) is 11.2 Å². The predicted molar refractivity (Wildman–Crippen MR) is 151 cm³/mol. The highest BCUT2D eigenvalue weighted by molar-refractivity contribution is 5.98. The number of nitrogens with zero attached hydrogens (tertiary/aromatic N) is 4. The first-order valence-electron chi connectivity index (χ1n) is 14.0. The lowest BCUT2D eigenvalue weighted by atomic mass is 9.67. The lowest BCUT2D eigenvalue weighted by molar-refractivity contribution is -0.0904. The van der Waals surface area contributed by atoms with Crippen LogP contribution in [0.25, 0.3) is 22.3 Å². The van der Waals surface area contributed by atoms with Crippen LogP contribution in [0.5, 0.6) is 0 Å². The number of nitrogens with one attached hydrogen (secondary N) is 2. The van der Waals surface area contributed by atoms with Gasteiger partial charge in [-0.3, -0.25) is 0 Å². The van der Waals surface area contributed by atoms with E-state index in [1.165, 1.54) is 18.5 Å². The number of hydrogen-bond acceptors (Lipinski definition) is 7. The van der Waals surface area contributed by atoms with Crippen LogP contribution in [0.4, 0.5) is 16.4 Å². The van der Waals surface area contributed by atoms with Gasteiger partial charge in [-0.2, -0.15) is 0 Å². The zero-order valence-electron chi connectivity index (χ0n) is 23.1. The molecule has 4 N–H and O–H groups in total. The summed E-state index contributed by atoms with van der Waals surface area (Å²) in [5.74, 6) is 0.781. The third-order valence-electron chi connectivity index (χ3n) is 8.35. The third kappa shape index (κ3) is 5.15. The number of aromatic nitrogens is 4. The molecule has 5 rings (SSSR count). The number of primary amides is 1. The van der Waals surface area contributed by atoms with E-state index in [-0.39, 0.29) is 11.5 Å². The van der Waals surface area contributed by atoms with Crippen molar-refractivity contribution in [1.82, 2.24) is 19.9 Å². The molecular weight excluding hydrogens is 478 g/mol. The van der Waals surface area contributed by atoms with Crippen molar-refractivity contribution in [3.8, 4) is 11.3 Å². The molecule has 38 heavy (non-hydrogen) atoms. The van der Waals surface area contributed by atoms with Crippen LogP contribution in [-0.2, 0) is 11.2 Å². The molecule has 1 aliphatic heterocycles. The highest BCUT2D eigenvalue weighted by Gasteiger charge is 2.47. The van der Waals surface area contributed by atoms with E-state index in [2.05, 4.69) is 53.9 Å². The van der Waals surface area contributed by atoms with E-state index >= 15 is 0 Å². The molecule has 204 valence electrons. The maximum absolute atomic E-state index is 11.8. The first kappa shape index (κ1) is 26.3. The second-order valence-corrected chi connectivity index (χ2v) is 11.9. The molecule has 1 saturated heterocycles. The Morgan fingerprint density at radius 2 is 1.97 bits per heavy atom. The van der Waals surface area contributed by atoms with Crippen LogP contribution in [0.1, 0.15) is 78.3 Å². The average molecular weight is 520 g/mol. The van der Waals surface area contributed by atoms with Gasteiger partial charge >= 0.3 is 6.09 Å². The zero-order chi connectivity index (χ0) is 26.9. The molecule has 1 amide bonds. The van der Waals surface area contributed by atoms with Gasteiger partial charge in [0.25, 0.3) is 0 Å². The molecule has 0 aromatic carbocycles. The summed E-state index contributed by atoms with van der Waals surface area (Å²) in [6, 6.07) is 4.41. The largest absolute Gasteiger partial charge is 0.443 e. The normalized spacial score (nSPS) is 22.1. The van der Waals surface area contributed by atoms with Gasteiger partial charge in [0, 0.05) is 53.6 Å². The van der Waals surface area contributed by atoms with E-state index < -0.39 is 11.7 Å². The molecule has 1 aliphatic carbocycles. The number of carbonyl (C=O) groups excluding carboxylic acids is 1. The fourth-order valence-corrected chi connectivity index (χ4v) is 6.08. The average Bonchev–Trinajstić information content (AvgIpc) is 3.55. The number of pyridine rings is 1. The first-order valence-corrected chi connectivity index (χ1v) is 14.0. The fraction of sp³-hybridized carbons (Fsp3) is 0.586. The van der Waals surface area contributed by atoms with E-state index in [4.69, 9.17) is 20.4 Å². The maximum Gasteiger partial charge on any atom is 0.405 e. The number of fused-ring (bicyclic) bond motifs is 1. The molecule has 0 atom stereocenters. The van der Waals surface area contributed by atoms with E-state index in [0.29, 0.717) is 0 Å². The van der Waals surface area contributed by atoms with E-state index in [9.17, 15) is 4.79 Å². The van der Waals surface area contributed by atoms with E-state index in [1.54, 1.807) is 0 Å². The van der Waals surface area contributed by atoms with Gasteiger partial charge in [-0.15, -0.1) is 0 Å². The molecule has 3 aromatic heterocycles.